The van der Waals surface area contributed by atoms with Crippen molar-refractivity contribution in [2.45, 2.75) is 51.5 Å². The molecule has 2 unspecified atom stereocenters. The van der Waals surface area contributed by atoms with Crippen LogP contribution in [-0.2, 0) is 0 Å². The average molecular weight is 255 g/mol. The molecular formula is C15H33N3. The Morgan fingerprint density at radius 1 is 1.28 bits per heavy atom. The number of likely N-dealkylation sites (N-methyl/N-ethyl adjacent to an activating group) is 1. The van der Waals surface area contributed by atoms with Gasteiger partial charge in [0, 0.05) is 25.2 Å². The van der Waals surface area contributed by atoms with Crippen LogP contribution in [0.15, 0.2) is 0 Å². The second-order valence-electron chi connectivity index (χ2n) is 6.65. The molecule has 2 atom stereocenters. The Balaban J connectivity index is 2.48. The maximum atomic E-state index is 6.07. The van der Waals surface area contributed by atoms with E-state index in [-0.39, 0.29) is 5.54 Å². The van der Waals surface area contributed by atoms with Crippen LogP contribution in [-0.4, -0.2) is 44.2 Å². The van der Waals surface area contributed by atoms with E-state index in [0.29, 0.717) is 0 Å². The molecule has 1 fully saturated rings. The number of hydrogen-bond donors (Lipinski definition) is 2. The molecule has 0 spiro atoms. The van der Waals surface area contributed by atoms with Crippen molar-refractivity contribution >= 4 is 0 Å². The molecule has 0 aliphatic heterocycles. The molecule has 0 saturated heterocycles. The Morgan fingerprint density at radius 2 is 2.00 bits per heavy atom. The first-order valence-electron chi connectivity index (χ1n) is 7.59. The molecule has 1 rings (SSSR count). The van der Waals surface area contributed by atoms with Crippen LogP contribution in [0.3, 0.4) is 0 Å². The van der Waals surface area contributed by atoms with E-state index in [1.54, 1.807) is 0 Å². The van der Waals surface area contributed by atoms with Crippen LogP contribution in [0.5, 0.6) is 0 Å². The summed E-state index contributed by atoms with van der Waals surface area (Å²) in [5.74, 6) is 1.72. The van der Waals surface area contributed by atoms with E-state index in [9.17, 15) is 0 Å². The van der Waals surface area contributed by atoms with Crippen LogP contribution >= 0.6 is 0 Å². The summed E-state index contributed by atoms with van der Waals surface area (Å²) in [5, 5.41) is 3.75. The lowest BCUT2D eigenvalue weighted by atomic mass is 9.86. The third-order valence-corrected chi connectivity index (χ3v) is 4.62. The highest BCUT2D eigenvalue weighted by Gasteiger charge is 2.32. The van der Waals surface area contributed by atoms with Gasteiger partial charge in [0.15, 0.2) is 0 Å². The lowest BCUT2D eigenvalue weighted by Crippen LogP contribution is -2.52. The summed E-state index contributed by atoms with van der Waals surface area (Å²) in [4.78, 5) is 2.23. The van der Waals surface area contributed by atoms with Gasteiger partial charge in [-0.2, -0.15) is 0 Å². The molecule has 0 amide bonds. The first kappa shape index (κ1) is 15.9. The third kappa shape index (κ3) is 4.87. The van der Waals surface area contributed by atoms with Gasteiger partial charge in [-0.15, -0.1) is 0 Å². The van der Waals surface area contributed by atoms with Crippen molar-refractivity contribution in [2.24, 2.45) is 17.6 Å². The van der Waals surface area contributed by atoms with Gasteiger partial charge in [0.1, 0.15) is 0 Å². The van der Waals surface area contributed by atoms with Gasteiger partial charge in [-0.05, 0) is 45.2 Å². The normalized spacial score (nSPS) is 29.8. The summed E-state index contributed by atoms with van der Waals surface area (Å²) in [6.07, 6.45) is 6.55. The van der Waals surface area contributed by atoms with Crippen LogP contribution in [0.25, 0.3) is 0 Å². The maximum Gasteiger partial charge on any atom is 0.0304 e. The van der Waals surface area contributed by atoms with Crippen LogP contribution in [0.2, 0.25) is 0 Å². The van der Waals surface area contributed by atoms with Crippen LogP contribution in [0.4, 0.5) is 0 Å². The molecule has 0 radical (unpaired) electrons. The Bertz CT molecular complexity index is 228. The van der Waals surface area contributed by atoms with Gasteiger partial charge in [-0.3, -0.25) is 0 Å². The third-order valence-electron chi connectivity index (χ3n) is 4.62. The molecular weight excluding hydrogens is 222 g/mol. The number of nitrogens with one attached hydrogen (secondary N) is 1. The highest BCUT2D eigenvalue weighted by molar-refractivity contribution is 4.92. The SMILES string of the molecule is CC(C)C1CCCC(CN)(NCCN(C)C)CC1. The second-order valence-corrected chi connectivity index (χ2v) is 6.65. The molecule has 1 saturated carbocycles. The first-order valence-corrected chi connectivity index (χ1v) is 7.59. The van der Waals surface area contributed by atoms with E-state index >= 15 is 0 Å². The van der Waals surface area contributed by atoms with Gasteiger partial charge in [0.05, 0.1) is 0 Å². The highest BCUT2D eigenvalue weighted by atomic mass is 15.1. The van der Waals surface area contributed by atoms with Gasteiger partial charge < -0.3 is 16.0 Å². The van der Waals surface area contributed by atoms with Crippen molar-refractivity contribution in [3.63, 3.8) is 0 Å². The molecule has 3 N–H and O–H groups in total. The Labute approximate surface area is 113 Å². The molecule has 0 heterocycles. The molecule has 0 aromatic rings. The molecule has 108 valence electrons. The molecule has 0 aromatic heterocycles. The summed E-state index contributed by atoms with van der Waals surface area (Å²) >= 11 is 0. The lowest BCUT2D eigenvalue weighted by molar-refractivity contribution is 0.265. The minimum atomic E-state index is 0.208. The molecule has 1 aliphatic carbocycles. The number of nitrogens with two attached hydrogens (primary N) is 1. The van der Waals surface area contributed by atoms with Gasteiger partial charge in [-0.25, -0.2) is 0 Å². The zero-order valence-electron chi connectivity index (χ0n) is 12.8. The lowest BCUT2D eigenvalue weighted by Gasteiger charge is -2.33. The van der Waals surface area contributed by atoms with Crippen molar-refractivity contribution in [2.75, 3.05) is 33.7 Å². The summed E-state index contributed by atoms with van der Waals surface area (Å²) in [5.41, 5.74) is 6.28. The average Bonchev–Trinajstić information content (AvgIpc) is 2.52. The van der Waals surface area contributed by atoms with Crippen molar-refractivity contribution in [3.05, 3.63) is 0 Å². The molecule has 3 heteroatoms. The summed E-state index contributed by atoms with van der Waals surface area (Å²) in [7, 11) is 4.25. The molecule has 18 heavy (non-hydrogen) atoms. The minimum Gasteiger partial charge on any atom is -0.329 e. The second kappa shape index (κ2) is 7.46. The van der Waals surface area contributed by atoms with Crippen LogP contribution in [0, 0.1) is 11.8 Å². The van der Waals surface area contributed by atoms with Gasteiger partial charge >= 0.3 is 0 Å². The highest BCUT2D eigenvalue weighted by Crippen LogP contribution is 2.33. The fourth-order valence-corrected chi connectivity index (χ4v) is 3.10. The largest absolute Gasteiger partial charge is 0.329 e. The Morgan fingerprint density at radius 3 is 2.56 bits per heavy atom. The fraction of sp³-hybridized carbons (Fsp3) is 1.00. The number of nitrogens with zero attached hydrogens (tertiary/aromatic N) is 1. The van der Waals surface area contributed by atoms with Crippen molar-refractivity contribution in [3.8, 4) is 0 Å². The van der Waals surface area contributed by atoms with E-state index in [2.05, 4.69) is 38.2 Å². The predicted octanol–water partition coefficient (Wildman–Crippen LogP) is 2.07. The Hall–Kier alpha value is -0.120. The Kier molecular flexibility index (Phi) is 6.61. The van der Waals surface area contributed by atoms with E-state index in [0.717, 1.165) is 31.5 Å². The summed E-state index contributed by atoms with van der Waals surface area (Å²) in [6.45, 7) is 7.65. The number of rotatable bonds is 6. The van der Waals surface area contributed by atoms with E-state index in [4.69, 9.17) is 5.73 Å². The smallest absolute Gasteiger partial charge is 0.0304 e. The molecule has 1 aliphatic rings. The zero-order chi connectivity index (χ0) is 13.6. The van der Waals surface area contributed by atoms with E-state index in [1.807, 2.05) is 0 Å². The van der Waals surface area contributed by atoms with Crippen molar-refractivity contribution in [1.29, 1.82) is 0 Å². The standard InChI is InChI=1S/C15H33N3/c1-13(2)14-6-5-8-15(12-16,9-7-14)17-10-11-18(3)4/h13-14,17H,5-12,16H2,1-4H3. The zero-order valence-corrected chi connectivity index (χ0v) is 12.8. The fourth-order valence-electron chi connectivity index (χ4n) is 3.10. The predicted molar refractivity (Wildman–Crippen MR) is 79.8 cm³/mol. The maximum absolute atomic E-state index is 6.07. The topological polar surface area (TPSA) is 41.3 Å². The first-order chi connectivity index (χ1) is 8.49. The molecule has 0 aromatic carbocycles. The van der Waals surface area contributed by atoms with Crippen molar-refractivity contribution < 1.29 is 0 Å². The van der Waals surface area contributed by atoms with E-state index < -0.39 is 0 Å². The van der Waals surface area contributed by atoms with Crippen LogP contribution in [0.1, 0.15) is 46.0 Å². The summed E-state index contributed by atoms with van der Waals surface area (Å²) in [6, 6.07) is 0. The molecule has 0 bridgehead atoms. The van der Waals surface area contributed by atoms with E-state index in [1.165, 1.54) is 32.1 Å². The minimum absolute atomic E-state index is 0.208. The molecule has 3 nitrogen and oxygen atoms in total. The van der Waals surface area contributed by atoms with Crippen molar-refractivity contribution in [1.82, 2.24) is 10.2 Å². The monoisotopic (exact) mass is 255 g/mol. The van der Waals surface area contributed by atoms with Gasteiger partial charge in [0.25, 0.3) is 0 Å². The van der Waals surface area contributed by atoms with Crippen LogP contribution < -0.4 is 11.1 Å². The van der Waals surface area contributed by atoms with Gasteiger partial charge in [0.2, 0.25) is 0 Å². The van der Waals surface area contributed by atoms with Gasteiger partial charge in [-0.1, -0.05) is 26.7 Å². The number of hydrogen-bond acceptors (Lipinski definition) is 3. The summed E-state index contributed by atoms with van der Waals surface area (Å²) < 4.78 is 0. The quantitative estimate of drug-likeness (QED) is 0.714.